The SMILES string of the molecule is CCc1ccc(CCC(=O)N2CCO[C@@H](C(F)(F)F)C2)cc1. The molecule has 1 aliphatic rings. The standard InChI is InChI=1S/C16H20F3NO2/c1-2-12-3-5-13(6-4-12)7-8-15(21)20-9-10-22-14(11-20)16(17,18)19/h3-6,14H,2,7-11H2,1H3/t14-/m1/s1. The molecule has 1 amide bonds. The van der Waals surface area contributed by atoms with Gasteiger partial charge in [-0.2, -0.15) is 13.2 Å². The third-order valence-corrected chi connectivity index (χ3v) is 3.84. The zero-order valence-electron chi connectivity index (χ0n) is 12.5. The lowest BCUT2D eigenvalue weighted by Gasteiger charge is -2.33. The van der Waals surface area contributed by atoms with Gasteiger partial charge in [-0.3, -0.25) is 4.79 Å². The summed E-state index contributed by atoms with van der Waals surface area (Å²) in [5, 5.41) is 0. The van der Waals surface area contributed by atoms with Crippen LogP contribution in [0.3, 0.4) is 0 Å². The minimum Gasteiger partial charge on any atom is -0.365 e. The summed E-state index contributed by atoms with van der Waals surface area (Å²) in [6, 6.07) is 7.94. The number of amides is 1. The molecule has 1 aromatic carbocycles. The van der Waals surface area contributed by atoms with E-state index >= 15 is 0 Å². The van der Waals surface area contributed by atoms with Gasteiger partial charge in [-0.25, -0.2) is 0 Å². The van der Waals surface area contributed by atoms with E-state index in [1.807, 2.05) is 24.3 Å². The first-order chi connectivity index (χ1) is 10.4. The molecule has 6 heteroatoms. The molecule has 1 atom stereocenters. The number of carbonyl (C=O) groups is 1. The van der Waals surface area contributed by atoms with E-state index < -0.39 is 18.8 Å². The summed E-state index contributed by atoms with van der Waals surface area (Å²) in [4.78, 5) is 13.3. The van der Waals surface area contributed by atoms with E-state index in [2.05, 4.69) is 6.92 Å². The fourth-order valence-electron chi connectivity index (χ4n) is 2.42. The van der Waals surface area contributed by atoms with Crippen molar-refractivity contribution in [2.24, 2.45) is 0 Å². The molecule has 0 unspecified atom stereocenters. The maximum atomic E-state index is 12.6. The Labute approximate surface area is 128 Å². The van der Waals surface area contributed by atoms with Gasteiger partial charge >= 0.3 is 6.18 Å². The van der Waals surface area contributed by atoms with Gasteiger partial charge in [0.25, 0.3) is 0 Å². The zero-order chi connectivity index (χ0) is 16.2. The van der Waals surface area contributed by atoms with Gasteiger partial charge in [-0.15, -0.1) is 0 Å². The summed E-state index contributed by atoms with van der Waals surface area (Å²) >= 11 is 0. The van der Waals surface area contributed by atoms with Crippen molar-refractivity contribution in [3.63, 3.8) is 0 Å². The van der Waals surface area contributed by atoms with Crippen LogP contribution in [0, 0.1) is 0 Å². The Kier molecular flexibility index (Phi) is 5.45. The maximum Gasteiger partial charge on any atom is 0.416 e. The van der Waals surface area contributed by atoms with Crippen molar-refractivity contribution in [1.82, 2.24) is 4.90 Å². The molecule has 22 heavy (non-hydrogen) atoms. The van der Waals surface area contributed by atoms with Gasteiger partial charge < -0.3 is 9.64 Å². The summed E-state index contributed by atoms with van der Waals surface area (Å²) in [5.41, 5.74) is 2.24. The quantitative estimate of drug-likeness (QED) is 0.855. The van der Waals surface area contributed by atoms with Gasteiger partial charge in [0.05, 0.1) is 13.2 Å². The van der Waals surface area contributed by atoms with E-state index in [1.54, 1.807) is 0 Å². The first-order valence-electron chi connectivity index (χ1n) is 7.44. The van der Waals surface area contributed by atoms with Crippen molar-refractivity contribution < 1.29 is 22.7 Å². The van der Waals surface area contributed by atoms with Gasteiger partial charge in [0, 0.05) is 13.0 Å². The van der Waals surface area contributed by atoms with Crippen molar-refractivity contribution in [3.05, 3.63) is 35.4 Å². The van der Waals surface area contributed by atoms with Crippen LogP contribution in [0.5, 0.6) is 0 Å². The van der Waals surface area contributed by atoms with Crippen LogP contribution in [0.25, 0.3) is 0 Å². The van der Waals surface area contributed by atoms with Gasteiger partial charge in [0.2, 0.25) is 5.91 Å². The number of aryl methyl sites for hydroxylation is 2. The molecule has 0 bridgehead atoms. The molecular weight excluding hydrogens is 295 g/mol. The van der Waals surface area contributed by atoms with Gasteiger partial charge in [0.1, 0.15) is 0 Å². The van der Waals surface area contributed by atoms with Crippen LogP contribution in [0.15, 0.2) is 24.3 Å². The number of rotatable bonds is 4. The van der Waals surface area contributed by atoms with E-state index in [1.165, 1.54) is 10.5 Å². The van der Waals surface area contributed by atoms with E-state index in [9.17, 15) is 18.0 Å². The number of benzene rings is 1. The minimum absolute atomic E-state index is 0.0683. The molecule has 0 spiro atoms. The average Bonchev–Trinajstić information content (AvgIpc) is 2.52. The molecule has 0 N–H and O–H groups in total. The molecule has 1 heterocycles. The van der Waals surface area contributed by atoms with E-state index in [4.69, 9.17) is 4.74 Å². The largest absolute Gasteiger partial charge is 0.416 e. The van der Waals surface area contributed by atoms with Crippen LogP contribution in [0.4, 0.5) is 13.2 Å². The summed E-state index contributed by atoms with van der Waals surface area (Å²) in [5.74, 6) is -0.253. The van der Waals surface area contributed by atoms with Crippen LogP contribution < -0.4 is 0 Å². The van der Waals surface area contributed by atoms with Crippen molar-refractivity contribution in [3.8, 4) is 0 Å². The second-order valence-electron chi connectivity index (χ2n) is 5.41. The third-order valence-electron chi connectivity index (χ3n) is 3.84. The lowest BCUT2D eigenvalue weighted by Crippen LogP contribution is -2.51. The number of hydrogen-bond acceptors (Lipinski definition) is 2. The minimum atomic E-state index is -4.42. The Morgan fingerprint density at radius 3 is 2.50 bits per heavy atom. The van der Waals surface area contributed by atoms with E-state index in [-0.39, 0.29) is 25.5 Å². The molecule has 1 aromatic rings. The normalized spacial score (nSPS) is 19.3. The number of carbonyl (C=O) groups excluding carboxylic acids is 1. The molecule has 0 radical (unpaired) electrons. The van der Waals surface area contributed by atoms with Crippen LogP contribution in [-0.2, 0) is 22.4 Å². The first kappa shape index (κ1) is 16.8. The highest BCUT2D eigenvalue weighted by molar-refractivity contribution is 5.76. The number of ether oxygens (including phenoxy) is 1. The zero-order valence-corrected chi connectivity index (χ0v) is 12.5. The lowest BCUT2D eigenvalue weighted by atomic mass is 10.1. The lowest BCUT2D eigenvalue weighted by molar-refractivity contribution is -0.236. The van der Waals surface area contributed by atoms with Crippen LogP contribution in [0.2, 0.25) is 0 Å². The monoisotopic (exact) mass is 315 g/mol. The van der Waals surface area contributed by atoms with Crippen LogP contribution in [0.1, 0.15) is 24.5 Å². The summed E-state index contributed by atoms with van der Waals surface area (Å²) in [6.07, 6.45) is -4.58. The second kappa shape index (κ2) is 7.13. The van der Waals surface area contributed by atoms with Crippen LogP contribution >= 0.6 is 0 Å². The Morgan fingerprint density at radius 2 is 1.91 bits per heavy atom. The summed E-state index contributed by atoms with van der Waals surface area (Å²) < 4.78 is 42.6. The predicted octanol–water partition coefficient (Wildman–Crippen LogP) is 2.97. The maximum absolute atomic E-state index is 12.6. The second-order valence-corrected chi connectivity index (χ2v) is 5.41. The van der Waals surface area contributed by atoms with E-state index in [0.29, 0.717) is 6.42 Å². The Bertz CT molecular complexity index is 499. The highest BCUT2D eigenvalue weighted by atomic mass is 19.4. The van der Waals surface area contributed by atoms with Crippen molar-refractivity contribution in [2.75, 3.05) is 19.7 Å². The number of hydrogen-bond donors (Lipinski definition) is 0. The molecule has 0 aromatic heterocycles. The highest BCUT2D eigenvalue weighted by Gasteiger charge is 2.44. The molecule has 0 aliphatic carbocycles. The first-order valence-corrected chi connectivity index (χ1v) is 7.44. The Hall–Kier alpha value is -1.56. The Morgan fingerprint density at radius 1 is 1.27 bits per heavy atom. The predicted molar refractivity (Wildman–Crippen MR) is 76.5 cm³/mol. The highest BCUT2D eigenvalue weighted by Crippen LogP contribution is 2.26. The van der Waals surface area contributed by atoms with Gasteiger partial charge in [-0.05, 0) is 24.0 Å². The van der Waals surface area contributed by atoms with Gasteiger partial charge in [-0.1, -0.05) is 31.2 Å². The summed E-state index contributed by atoms with van der Waals surface area (Å²) in [6.45, 7) is 1.81. The molecule has 0 saturated carbocycles. The molecular formula is C16H20F3NO2. The molecule has 1 saturated heterocycles. The van der Waals surface area contributed by atoms with Gasteiger partial charge in [0.15, 0.2) is 6.10 Å². The Balaban J connectivity index is 1.86. The molecule has 2 rings (SSSR count). The van der Waals surface area contributed by atoms with Crippen molar-refractivity contribution in [1.29, 1.82) is 0 Å². The smallest absolute Gasteiger partial charge is 0.365 e. The van der Waals surface area contributed by atoms with Crippen molar-refractivity contribution in [2.45, 2.75) is 38.5 Å². The molecule has 3 nitrogen and oxygen atoms in total. The third kappa shape index (κ3) is 4.47. The molecule has 1 fully saturated rings. The topological polar surface area (TPSA) is 29.5 Å². The average molecular weight is 315 g/mol. The molecule has 1 aliphatic heterocycles. The number of morpholine rings is 1. The number of alkyl halides is 3. The fourth-order valence-corrected chi connectivity index (χ4v) is 2.42. The fraction of sp³-hybridized carbons (Fsp3) is 0.562. The number of halogens is 3. The van der Waals surface area contributed by atoms with Crippen LogP contribution in [-0.4, -0.2) is 42.8 Å². The van der Waals surface area contributed by atoms with Crippen molar-refractivity contribution >= 4 is 5.91 Å². The summed E-state index contributed by atoms with van der Waals surface area (Å²) in [7, 11) is 0. The number of nitrogens with zero attached hydrogens (tertiary/aromatic N) is 1. The van der Waals surface area contributed by atoms with E-state index in [0.717, 1.165) is 12.0 Å². The molecule has 122 valence electrons.